The predicted molar refractivity (Wildman–Crippen MR) is 85.0 cm³/mol. The molecule has 1 amide bonds. The van der Waals surface area contributed by atoms with Gasteiger partial charge in [-0.2, -0.15) is 0 Å². The van der Waals surface area contributed by atoms with Crippen LogP contribution in [0.1, 0.15) is 30.5 Å². The van der Waals surface area contributed by atoms with Crippen molar-refractivity contribution in [1.29, 1.82) is 0 Å². The molecule has 0 spiro atoms. The number of likely N-dealkylation sites (tertiary alicyclic amines) is 1. The Balaban J connectivity index is 1.89. The number of carbonyl (C=O) groups excluding carboxylic acids is 1. The topological polar surface area (TPSA) is 93.2 Å². The summed E-state index contributed by atoms with van der Waals surface area (Å²) < 4.78 is 3.74. The molecule has 3 rings (SSSR count). The van der Waals surface area contributed by atoms with E-state index in [9.17, 15) is 14.7 Å². The van der Waals surface area contributed by atoms with Gasteiger partial charge in [-0.1, -0.05) is 0 Å². The molecule has 0 bridgehead atoms. The Kier molecular flexibility index (Phi) is 4.37. The summed E-state index contributed by atoms with van der Waals surface area (Å²) in [5.74, 6) is -0.0918. The van der Waals surface area contributed by atoms with Crippen molar-refractivity contribution in [3.8, 4) is 0 Å². The second-order valence-electron chi connectivity index (χ2n) is 6.08. The van der Waals surface area contributed by atoms with Crippen molar-refractivity contribution in [2.45, 2.75) is 32.4 Å². The molecule has 2 aromatic heterocycles. The Morgan fingerprint density at radius 3 is 2.62 bits per heavy atom. The number of carbonyl (C=O) groups is 2. The first-order valence-corrected chi connectivity index (χ1v) is 7.96. The molecular weight excluding hydrogens is 310 g/mol. The minimum atomic E-state index is -0.890. The van der Waals surface area contributed by atoms with Gasteiger partial charge < -0.3 is 19.1 Å². The fraction of sp³-hybridized carbons (Fsp3) is 0.500. The van der Waals surface area contributed by atoms with Crippen LogP contribution in [0.2, 0.25) is 0 Å². The lowest BCUT2D eigenvalue weighted by molar-refractivity contribution is -0.152. The average molecular weight is 331 g/mol. The van der Waals surface area contributed by atoms with E-state index in [2.05, 4.69) is 9.97 Å². The van der Waals surface area contributed by atoms with Crippen molar-refractivity contribution in [2.75, 3.05) is 6.54 Å². The number of carboxylic acid groups (broad SMARTS) is 1. The van der Waals surface area contributed by atoms with E-state index in [-0.39, 0.29) is 12.3 Å². The maximum absolute atomic E-state index is 12.5. The lowest BCUT2D eigenvalue weighted by atomic mass is 9.88. The molecule has 3 heterocycles. The van der Waals surface area contributed by atoms with Crippen LogP contribution in [0.5, 0.6) is 0 Å². The van der Waals surface area contributed by atoms with Gasteiger partial charge in [0.1, 0.15) is 17.7 Å². The van der Waals surface area contributed by atoms with Crippen molar-refractivity contribution in [2.24, 2.45) is 13.0 Å². The second kappa shape index (κ2) is 6.46. The summed E-state index contributed by atoms with van der Waals surface area (Å²) in [6, 6.07) is -0.549. The highest BCUT2D eigenvalue weighted by Gasteiger charge is 2.42. The number of rotatable bonds is 5. The molecule has 128 valence electrons. The van der Waals surface area contributed by atoms with Crippen molar-refractivity contribution in [3.63, 3.8) is 0 Å². The Bertz CT molecular complexity index is 750. The summed E-state index contributed by atoms with van der Waals surface area (Å²) in [6.07, 6.45) is 7.56. The maximum atomic E-state index is 12.5. The van der Waals surface area contributed by atoms with E-state index in [0.717, 1.165) is 5.82 Å². The highest BCUT2D eigenvalue weighted by molar-refractivity contribution is 5.81. The van der Waals surface area contributed by atoms with Crippen LogP contribution in [0.4, 0.5) is 0 Å². The summed E-state index contributed by atoms with van der Waals surface area (Å²) >= 11 is 0. The zero-order valence-corrected chi connectivity index (χ0v) is 13.8. The average Bonchev–Trinajstić information content (AvgIpc) is 3.14. The molecule has 0 radical (unpaired) electrons. The molecule has 2 atom stereocenters. The van der Waals surface area contributed by atoms with Crippen LogP contribution in [-0.2, 0) is 23.2 Å². The van der Waals surface area contributed by atoms with Gasteiger partial charge in [0.2, 0.25) is 5.91 Å². The standard InChI is InChI=1S/C16H21N5O3/c1-11-17-6-8-20(11)9-10-21-13(22)4-3-12(16(23)24)14(21)15-18-5-7-19(15)2/h5-8,12,14H,3-4,9-10H2,1-2H3,(H,23,24)/t12-,14-/m0/s1. The number of hydrogen-bond donors (Lipinski definition) is 1. The number of imidazole rings is 2. The van der Waals surface area contributed by atoms with Gasteiger partial charge in [0, 0.05) is 51.3 Å². The van der Waals surface area contributed by atoms with Crippen molar-refractivity contribution in [3.05, 3.63) is 36.4 Å². The van der Waals surface area contributed by atoms with Crippen LogP contribution in [0.15, 0.2) is 24.8 Å². The fourth-order valence-electron chi connectivity index (χ4n) is 3.31. The lowest BCUT2D eigenvalue weighted by Crippen LogP contribution is -2.47. The minimum absolute atomic E-state index is 0.0294. The molecule has 1 aliphatic rings. The highest BCUT2D eigenvalue weighted by atomic mass is 16.4. The molecule has 0 aliphatic carbocycles. The molecule has 8 heteroatoms. The molecule has 8 nitrogen and oxygen atoms in total. The van der Waals surface area contributed by atoms with E-state index < -0.39 is 17.9 Å². The van der Waals surface area contributed by atoms with E-state index in [0.29, 0.717) is 25.3 Å². The summed E-state index contributed by atoms with van der Waals surface area (Å²) in [6.45, 7) is 2.90. The van der Waals surface area contributed by atoms with Gasteiger partial charge in [-0.3, -0.25) is 9.59 Å². The molecule has 1 saturated heterocycles. The number of amides is 1. The van der Waals surface area contributed by atoms with Gasteiger partial charge in [-0.15, -0.1) is 0 Å². The van der Waals surface area contributed by atoms with E-state index in [1.807, 2.05) is 24.7 Å². The first kappa shape index (κ1) is 16.2. The molecule has 24 heavy (non-hydrogen) atoms. The van der Waals surface area contributed by atoms with Gasteiger partial charge in [0.15, 0.2) is 0 Å². The largest absolute Gasteiger partial charge is 0.481 e. The second-order valence-corrected chi connectivity index (χ2v) is 6.08. The van der Waals surface area contributed by atoms with E-state index >= 15 is 0 Å². The van der Waals surface area contributed by atoms with E-state index in [1.54, 1.807) is 28.1 Å². The van der Waals surface area contributed by atoms with Crippen molar-refractivity contribution in [1.82, 2.24) is 24.0 Å². The van der Waals surface area contributed by atoms with Gasteiger partial charge in [0.05, 0.1) is 5.92 Å². The molecule has 0 aromatic carbocycles. The zero-order valence-electron chi connectivity index (χ0n) is 13.8. The molecular formula is C16H21N5O3. The third kappa shape index (κ3) is 2.91. The normalized spacial score (nSPS) is 21.2. The van der Waals surface area contributed by atoms with Gasteiger partial charge in [-0.25, -0.2) is 9.97 Å². The number of piperidine rings is 1. The van der Waals surface area contributed by atoms with Crippen molar-refractivity contribution >= 4 is 11.9 Å². The predicted octanol–water partition coefficient (Wildman–Crippen LogP) is 0.990. The smallest absolute Gasteiger partial charge is 0.309 e. The molecule has 1 fully saturated rings. The Morgan fingerprint density at radius 1 is 1.29 bits per heavy atom. The summed E-state index contributed by atoms with van der Waals surface area (Å²) in [7, 11) is 1.82. The molecule has 2 aromatic rings. The number of hydrogen-bond acceptors (Lipinski definition) is 4. The quantitative estimate of drug-likeness (QED) is 0.882. The zero-order chi connectivity index (χ0) is 17.3. The minimum Gasteiger partial charge on any atom is -0.481 e. The highest BCUT2D eigenvalue weighted by Crippen LogP contribution is 2.36. The van der Waals surface area contributed by atoms with Gasteiger partial charge in [0.25, 0.3) is 0 Å². The SMILES string of the molecule is Cc1nccn1CCN1C(=O)CC[C@H](C(=O)O)[C@H]1c1nccn1C. The first-order chi connectivity index (χ1) is 11.5. The Hall–Kier alpha value is -2.64. The number of aliphatic carboxylic acids is 1. The maximum Gasteiger partial charge on any atom is 0.309 e. The lowest BCUT2D eigenvalue weighted by Gasteiger charge is -2.39. The van der Waals surface area contributed by atoms with Crippen LogP contribution < -0.4 is 0 Å². The van der Waals surface area contributed by atoms with Crippen LogP contribution in [-0.4, -0.2) is 47.5 Å². The monoisotopic (exact) mass is 331 g/mol. The third-order valence-corrected chi connectivity index (χ3v) is 4.65. The summed E-state index contributed by atoms with van der Waals surface area (Å²) in [5.41, 5.74) is 0. The van der Waals surface area contributed by atoms with Gasteiger partial charge >= 0.3 is 5.97 Å². The van der Waals surface area contributed by atoms with Crippen LogP contribution >= 0.6 is 0 Å². The van der Waals surface area contributed by atoms with Crippen LogP contribution in [0.3, 0.4) is 0 Å². The Morgan fingerprint density at radius 2 is 2.04 bits per heavy atom. The number of aromatic nitrogens is 4. The third-order valence-electron chi connectivity index (χ3n) is 4.65. The fourth-order valence-corrected chi connectivity index (χ4v) is 3.31. The summed E-state index contributed by atoms with van der Waals surface area (Å²) in [5, 5.41) is 9.61. The number of aryl methyl sites for hydroxylation is 2. The molecule has 1 N–H and O–H groups in total. The number of nitrogens with zero attached hydrogens (tertiary/aromatic N) is 5. The van der Waals surface area contributed by atoms with Crippen LogP contribution in [0, 0.1) is 12.8 Å². The van der Waals surface area contributed by atoms with E-state index in [4.69, 9.17) is 0 Å². The summed E-state index contributed by atoms with van der Waals surface area (Å²) in [4.78, 5) is 34.4. The van der Waals surface area contributed by atoms with Crippen LogP contribution in [0.25, 0.3) is 0 Å². The molecule has 1 aliphatic heterocycles. The number of carboxylic acids is 1. The van der Waals surface area contributed by atoms with E-state index in [1.165, 1.54) is 0 Å². The van der Waals surface area contributed by atoms with Gasteiger partial charge in [-0.05, 0) is 13.3 Å². The molecule has 0 unspecified atom stereocenters. The molecule has 0 saturated carbocycles. The first-order valence-electron chi connectivity index (χ1n) is 7.96. The van der Waals surface area contributed by atoms with Crippen molar-refractivity contribution < 1.29 is 14.7 Å². The Labute approximate surface area is 139 Å².